The standard InChI is InChI=1S/C14H16N2O3/c1-18-13-4-2-3-11(7-13)5-6-15-14(17)8-12-9-19-10-16-12/h2-4,7,9-10H,5-6,8H2,1H3,(H,15,17). The number of carbonyl (C=O) groups is 1. The molecule has 0 fully saturated rings. The highest BCUT2D eigenvalue weighted by Crippen LogP contribution is 2.12. The van der Waals surface area contributed by atoms with E-state index >= 15 is 0 Å². The Kier molecular flexibility index (Phi) is 4.55. The van der Waals surface area contributed by atoms with Gasteiger partial charge in [-0.25, -0.2) is 4.98 Å². The Balaban J connectivity index is 1.75. The predicted octanol–water partition coefficient (Wildman–Crippen LogP) is 1.58. The van der Waals surface area contributed by atoms with Crippen molar-refractivity contribution in [3.63, 3.8) is 0 Å². The maximum Gasteiger partial charge on any atom is 0.226 e. The molecule has 0 radical (unpaired) electrons. The monoisotopic (exact) mass is 260 g/mol. The highest BCUT2D eigenvalue weighted by Gasteiger charge is 2.05. The van der Waals surface area contributed by atoms with Crippen molar-refractivity contribution in [1.82, 2.24) is 10.3 Å². The molecule has 1 aromatic carbocycles. The number of benzene rings is 1. The van der Waals surface area contributed by atoms with Gasteiger partial charge in [-0.15, -0.1) is 0 Å². The zero-order chi connectivity index (χ0) is 13.5. The molecule has 5 heteroatoms. The van der Waals surface area contributed by atoms with Gasteiger partial charge in [-0.1, -0.05) is 12.1 Å². The summed E-state index contributed by atoms with van der Waals surface area (Å²) in [5.74, 6) is 0.767. The summed E-state index contributed by atoms with van der Waals surface area (Å²) in [6, 6.07) is 7.80. The molecule has 5 nitrogen and oxygen atoms in total. The van der Waals surface area contributed by atoms with E-state index in [1.54, 1.807) is 7.11 Å². The van der Waals surface area contributed by atoms with Crippen LogP contribution in [-0.4, -0.2) is 24.5 Å². The number of nitrogens with zero attached hydrogens (tertiary/aromatic N) is 1. The molecule has 1 heterocycles. The van der Waals surface area contributed by atoms with E-state index in [1.165, 1.54) is 12.7 Å². The van der Waals surface area contributed by atoms with E-state index in [1.807, 2.05) is 24.3 Å². The number of methoxy groups -OCH3 is 1. The summed E-state index contributed by atoms with van der Waals surface area (Å²) in [4.78, 5) is 15.5. The molecule has 0 aliphatic rings. The lowest BCUT2D eigenvalue weighted by molar-refractivity contribution is -0.120. The molecule has 19 heavy (non-hydrogen) atoms. The third kappa shape index (κ3) is 4.13. The second kappa shape index (κ2) is 6.58. The molecule has 100 valence electrons. The van der Waals surface area contributed by atoms with E-state index in [4.69, 9.17) is 9.15 Å². The van der Waals surface area contributed by atoms with Gasteiger partial charge in [0.05, 0.1) is 19.2 Å². The lowest BCUT2D eigenvalue weighted by Crippen LogP contribution is -2.27. The van der Waals surface area contributed by atoms with E-state index in [-0.39, 0.29) is 12.3 Å². The molecule has 0 aliphatic heterocycles. The zero-order valence-electron chi connectivity index (χ0n) is 10.8. The Hall–Kier alpha value is -2.30. The van der Waals surface area contributed by atoms with E-state index in [0.29, 0.717) is 12.2 Å². The lowest BCUT2D eigenvalue weighted by Gasteiger charge is -2.06. The fourth-order valence-electron chi connectivity index (χ4n) is 1.73. The Morgan fingerprint density at radius 2 is 2.37 bits per heavy atom. The molecule has 0 saturated carbocycles. The number of rotatable bonds is 6. The summed E-state index contributed by atoms with van der Waals surface area (Å²) in [5.41, 5.74) is 1.76. The van der Waals surface area contributed by atoms with Crippen molar-refractivity contribution in [2.24, 2.45) is 0 Å². The molecule has 2 rings (SSSR count). The number of hydrogen-bond donors (Lipinski definition) is 1. The average Bonchev–Trinajstić information content (AvgIpc) is 2.92. The summed E-state index contributed by atoms with van der Waals surface area (Å²) in [6.07, 6.45) is 3.80. The van der Waals surface area contributed by atoms with Crippen LogP contribution < -0.4 is 10.1 Å². The molecule has 2 aromatic rings. The second-order valence-corrected chi connectivity index (χ2v) is 4.11. The number of hydrogen-bond acceptors (Lipinski definition) is 4. The minimum absolute atomic E-state index is 0.0585. The van der Waals surface area contributed by atoms with Gasteiger partial charge in [0.15, 0.2) is 6.39 Å². The first-order valence-corrected chi connectivity index (χ1v) is 6.04. The zero-order valence-corrected chi connectivity index (χ0v) is 10.8. The van der Waals surface area contributed by atoms with Gasteiger partial charge in [-0.05, 0) is 24.1 Å². The van der Waals surface area contributed by atoms with E-state index in [9.17, 15) is 4.79 Å². The predicted molar refractivity (Wildman–Crippen MR) is 69.9 cm³/mol. The fourth-order valence-corrected chi connectivity index (χ4v) is 1.73. The SMILES string of the molecule is COc1cccc(CCNC(=O)Cc2cocn2)c1. The molecular formula is C14H16N2O3. The quantitative estimate of drug-likeness (QED) is 0.856. The van der Waals surface area contributed by atoms with Crippen LogP contribution in [-0.2, 0) is 17.6 Å². The van der Waals surface area contributed by atoms with Crippen LogP contribution in [0.25, 0.3) is 0 Å². The molecule has 0 spiro atoms. The van der Waals surface area contributed by atoms with Crippen LogP contribution in [0.1, 0.15) is 11.3 Å². The highest BCUT2D eigenvalue weighted by atomic mass is 16.5. The summed E-state index contributed by atoms with van der Waals surface area (Å²) in [7, 11) is 1.64. The summed E-state index contributed by atoms with van der Waals surface area (Å²) in [5, 5.41) is 2.85. The molecule has 1 amide bonds. The topological polar surface area (TPSA) is 64.4 Å². The van der Waals surface area contributed by atoms with Crippen molar-refractivity contribution in [3.05, 3.63) is 48.2 Å². The Bertz CT molecular complexity index is 523. The molecule has 0 unspecified atom stereocenters. The van der Waals surface area contributed by atoms with Crippen molar-refractivity contribution in [3.8, 4) is 5.75 Å². The van der Waals surface area contributed by atoms with Gasteiger partial charge >= 0.3 is 0 Å². The van der Waals surface area contributed by atoms with Gasteiger partial charge < -0.3 is 14.5 Å². The highest BCUT2D eigenvalue weighted by molar-refractivity contribution is 5.77. The van der Waals surface area contributed by atoms with Crippen molar-refractivity contribution < 1.29 is 13.9 Å². The Morgan fingerprint density at radius 3 is 3.11 bits per heavy atom. The Morgan fingerprint density at radius 1 is 1.47 bits per heavy atom. The number of ether oxygens (including phenoxy) is 1. The number of nitrogens with one attached hydrogen (secondary N) is 1. The maximum atomic E-state index is 11.6. The first-order chi connectivity index (χ1) is 9.28. The minimum atomic E-state index is -0.0585. The summed E-state index contributed by atoms with van der Waals surface area (Å²) >= 11 is 0. The number of aromatic nitrogens is 1. The van der Waals surface area contributed by atoms with Crippen LogP contribution in [0, 0.1) is 0 Å². The molecule has 1 N–H and O–H groups in total. The van der Waals surface area contributed by atoms with Crippen LogP contribution in [0.3, 0.4) is 0 Å². The smallest absolute Gasteiger partial charge is 0.226 e. The van der Waals surface area contributed by atoms with Gasteiger partial charge in [0, 0.05) is 6.54 Å². The van der Waals surface area contributed by atoms with Gasteiger partial charge in [-0.2, -0.15) is 0 Å². The second-order valence-electron chi connectivity index (χ2n) is 4.11. The largest absolute Gasteiger partial charge is 0.497 e. The maximum absolute atomic E-state index is 11.6. The fraction of sp³-hybridized carbons (Fsp3) is 0.286. The average molecular weight is 260 g/mol. The third-order valence-electron chi connectivity index (χ3n) is 2.70. The number of oxazole rings is 1. The van der Waals surface area contributed by atoms with Gasteiger partial charge in [0.25, 0.3) is 0 Å². The van der Waals surface area contributed by atoms with Crippen LogP contribution in [0.4, 0.5) is 0 Å². The van der Waals surface area contributed by atoms with Crippen LogP contribution in [0.2, 0.25) is 0 Å². The molecule has 0 bridgehead atoms. The normalized spacial score (nSPS) is 10.2. The van der Waals surface area contributed by atoms with Crippen LogP contribution >= 0.6 is 0 Å². The van der Waals surface area contributed by atoms with Gasteiger partial charge in [0.2, 0.25) is 5.91 Å². The van der Waals surface area contributed by atoms with Crippen molar-refractivity contribution >= 4 is 5.91 Å². The molecule has 0 atom stereocenters. The van der Waals surface area contributed by atoms with Crippen molar-refractivity contribution in [2.45, 2.75) is 12.8 Å². The molecule has 0 saturated heterocycles. The first kappa shape index (κ1) is 13.1. The van der Waals surface area contributed by atoms with Gasteiger partial charge in [-0.3, -0.25) is 4.79 Å². The molecule has 1 aromatic heterocycles. The van der Waals surface area contributed by atoms with Crippen molar-refractivity contribution in [1.29, 1.82) is 0 Å². The first-order valence-electron chi connectivity index (χ1n) is 6.04. The van der Waals surface area contributed by atoms with E-state index in [0.717, 1.165) is 17.7 Å². The van der Waals surface area contributed by atoms with Crippen molar-refractivity contribution in [2.75, 3.05) is 13.7 Å². The van der Waals surface area contributed by atoms with E-state index < -0.39 is 0 Å². The van der Waals surface area contributed by atoms with Crippen LogP contribution in [0.15, 0.2) is 41.3 Å². The third-order valence-corrected chi connectivity index (χ3v) is 2.70. The molecule has 0 aliphatic carbocycles. The summed E-state index contributed by atoms with van der Waals surface area (Å²) in [6.45, 7) is 0.587. The minimum Gasteiger partial charge on any atom is -0.497 e. The van der Waals surface area contributed by atoms with Crippen LogP contribution in [0.5, 0.6) is 5.75 Å². The number of amides is 1. The lowest BCUT2D eigenvalue weighted by atomic mass is 10.1. The van der Waals surface area contributed by atoms with E-state index in [2.05, 4.69) is 10.3 Å². The summed E-state index contributed by atoms with van der Waals surface area (Å²) < 4.78 is 9.96. The molecular weight excluding hydrogens is 244 g/mol. The number of carbonyl (C=O) groups excluding carboxylic acids is 1. The van der Waals surface area contributed by atoms with Gasteiger partial charge in [0.1, 0.15) is 12.0 Å². The Labute approximate surface area is 111 Å².